The number of rotatable bonds is 4. The molecular weight excluding hydrogens is 384 g/mol. The third kappa shape index (κ3) is 3.98. The van der Waals surface area contributed by atoms with Crippen LogP contribution < -0.4 is 4.74 Å². The maximum atomic E-state index is 12.9. The van der Waals surface area contributed by atoms with Crippen molar-refractivity contribution in [1.82, 2.24) is 4.90 Å². The lowest BCUT2D eigenvalue weighted by Crippen LogP contribution is -2.29. The summed E-state index contributed by atoms with van der Waals surface area (Å²) in [5, 5.41) is 10.7. The van der Waals surface area contributed by atoms with Crippen LogP contribution in [0.1, 0.15) is 11.1 Å². The highest BCUT2D eigenvalue weighted by Crippen LogP contribution is 2.37. The summed E-state index contributed by atoms with van der Waals surface area (Å²) < 4.78 is 5.78. The third-order valence-electron chi connectivity index (χ3n) is 4.52. The molecule has 0 aliphatic carbocycles. The summed E-state index contributed by atoms with van der Waals surface area (Å²) in [4.78, 5) is 19.6. The van der Waals surface area contributed by atoms with Gasteiger partial charge in [0.2, 0.25) is 0 Å². The molecule has 0 aromatic heterocycles. The predicted molar refractivity (Wildman–Crippen MR) is 117 cm³/mol. The molecule has 1 N–H and O–H groups in total. The normalized spacial score (nSPS) is 18.6. The molecule has 0 spiro atoms. The number of benzene rings is 2. The van der Waals surface area contributed by atoms with Gasteiger partial charge in [-0.2, -0.15) is 0 Å². The lowest BCUT2D eigenvalue weighted by Gasteiger charge is -2.16. The number of ether oxygens (including phenoxy) is 1. The van der Waals surface area contributed by atoms with Gasteiger partial charge in [0.1, 0.15) is 23.8 Å². The smallest absolute Gasteiger partial charge is 0.267 e. The van der Waals surface area contributed by atoms with E-state index in [-0.39, 0.29) is 11.7 Å². The van der Waals surface area contributed by atoms with E-state index in [1.54, 1.807) is 23.1 Å². The number of carbonyl (C=O) groups excluding carboxylic acids is 1. The number of para-hydroxylation sites is 1. The van der Waals surface area contributed by atoms with E-state index in [4.69, 9.17) is 4.74 Å². The van der Waals surface area contributed by atoms with Crippen LogP contribution in [-0.2, 0) is 4.79 Å². The summed E-state index contributed by atoms with van der Waals surface area (Å²) in [5.74, 6) is 0.784. The number of amidine groups is 1. The van der Waals surface area contributed by atoms with Crippen LogP contribution in [0.25, 0.3) is 6.08 Å². The number of aliphatic imine (C=N–C) groups is 1. The van der Waals surface area contributed by atoms with Crippen molar-refractivity contribution in [2.45, 2.75) is 6.92 Å². The number of thioether (sulfide) groups is 1. The van der Waals surface area contributed by atoms with Crippen molar-refractivity contribution < 1.29 is 14.6 Å². The van der Waals surface area contributed by atoms with Crippen LogP contribution >= 0.6 is 11.8 Å². The molecule has 146 valence electrons. The summed E-state index contributed by atoms with van der Waals surface area (Å²) in [6.45, 7) is 6.38. The van der Waals surface area contributed by atoms with Crippen LogP contribution in [0, 0.1) is 6.92 Å². The average Bonchev–Trinajstić information content (AvgIpc) is 2.99. The van der Waals surface area contributed by atoms with Gasteiger partial charge >= 0.3 is 0 Å². The molecule has 0 atom stereocenters. The summed E-state index contributed by atoms with van der Waals surface area (Å²) in [7, 11) is 0. The highest BCUT2D eigenvalue weighted by molar-refractivity contribution is 8.18. The monoisotopic (exact) mass is 404 g/mol. The topological polar surface area (TPSA) is 62.1 Å². The zero-order valence-corrected chi connectivity index (χ0v) is 16.8. The number of aryl methyl sites for hydroxylation is 1. The van der Waals surface area contributed by atoms with Gasteiger partial charge in [-0.25, -0.2) is 4.99 Å². The van der Waals surface area contributed by atoms with Crippen molar-refractivity contribution in [3.8, 4) is 11.5 Å². The predicted octanol–water partition coefficient (Wildman–Crippen LogP) is 4.81. The Morgan fingerprint density at radius 2 is 2.14 bits per heavy atom. The van der Waals surface area contributed by atoms with Crippen molar-refractivity contribution in [2.75, 3.05) is 13.2 Å². The minimum absolute atomic E-state index is 0.0847. The van der Waals surface area contributed by atoms with E-state index < -0.39 is 0 Å². The van der Waals surface area contributed by atoms with Gasteiger partial charge in [-0.15, -0.1) is 6.58 Å². The van der Waals surface area contributed by atoms with Crippen molar-refractivity contribution in [3.63, 3.8) is 0 Å². The van der Waals surface area contributed by atoms with E-state index in [0.717, 1.165) is 22.4 Å². The Labute approximate surface area is 173 Å². The number of phenols is 1. The number of aromatic hydroxyl groups is 1. The number of hydrogen-bond acceptors (Lipinski definition) is 5. The number of fused-ring (bicyclic) bond motifs is 1. The average molecular weight is 404 g/mol. The van der Waals surface area contributed by atoms with Crippen molar-refractivity contribution in [1.29, 1.82) is 0 Å². The second kappa shape index (κ2) is 8.01. The Kier molecular flexibility index (Phi) is 5.27. The number of hydrogen-bond donors (Lipinski definition) is 1. The highest BCUT2D eigenvalue weighted by atomic mass is 32.2. The fourth-order valence-electron chi connectivity index (χ4n) is 3.10. The molecule has 4 rings (SSSR count). The second-order valence-electron chi connectivity index (χ2n) is 6.75. The molecule has 0 unspecified atom stereocenters. The lowest BCUT2D eigenvalue weighted by molar-refractivity contribution is -0.121. The Balaban J connectivity index is 1.67. The molecule has 6 heteroatoms. The van der Waals surface area contributed by atoms with Crippen LogP contribution in [0.2, 0.25) is 0 Å². The highest BCUT2D eigenvalue weighted by Gasteiger charge is 2.33. The Morgan fingerprint density at radius 1 is 1.31 bits per heavy atom. The minimum Gasteiger partial charge on any atom is -0.506 e. The Hall–Kier alpha value is -3.25. The van der Waals surface area contributed by atoms with Crippen molar-refractivity contribution >= 4 is 34.6 Å². The van der Waals surface area contributed by atoms with Gasteiger partial charge in [-0.1, -0.05) is 30.3 Å². The molecule has 2 aliphatic rings. The SMILES string of the molecule is C=CCN1C(=O)/C(=C/C2=Cc3ccccc3OC2)SC1=Nc1ccc(C)cc1O. The minimum atomic E-state index is -0.139. The molecule has 2 aliphatic heterocycles. The molecule has 29 heavy (non-hydrogen) atoms. The number of amides is 1. The molecular formula is C23H20N2O3S. The van der Waals surface area contributed by atoms with E-state index in [1.807, 2.05) is 49.4 Å². The van der Waals surface area contributed by atoms with Gasteiger partial charge in [0.25, 0.3) is 5.91 Å². The molecule has 5 nitrogen and oxygen atoms in total. The van der Waals surface area contributed by atoms with E-state index in [0.29, 0.717) is 28.9 Å². The number of nitrogens with zero attached hydrogens (tertiary/aromatic N) is 2. The Morgan fingerprint density at radius 3 is 2.93 bits per heavy atom. The van der Waals surface area contributed by atoms with Crippen molar-refractivity contribution in [2.24, 2.45) is 4.99 Å². The van der Waals surface area contributed by atoms with Crippen molar-refractivity contribution in [3.05, 3.63) is 82.8 Å². The number of phenolic OH excluding ortho intramolecular Hbond substituents is 1. The molecule has 1 saturated heterocycles. The molecule has 1 amide bonds. The second-order valence-corrected chi connectivity index (χ2v) is 7.76. The van der Waals surface area contributed by atoms with Gasteiger partial charge in [-0.3, -0.25) is 9.69 Å². The third-order valence-corrected chi connectivity index (χ3v) is 5.52. The van der Waals surface area contributed by atoms with Gasteiger partial charge in [0, 0.05) is 12.1 Å². The van der Waals surface area contributed by atoms with Gasteiger partial charge in [-0.05, 0) is 60.2 Å². The summed E-state index contributed by atoms with van der Waals surface area (Å²) in [5.41, 5.74) is 3.27. The van der Waals surface area contributed by atoms with Crippen LogP contribution in [0.4, 0.5) is 5.69 Å². The first-order valence-corrected chi connectivity index (χ1v) is 10.00. The van der Waals surface area contributed by atoms with Gasteiger partial charge in [0.05, 0.1) is 4.91 Å². The molecule has 2 heterocycles. The molecule has 2 aromatic rings. The fourth-order valence-corrected chi connectivity index (χ4v) is 4.11. The molecule has 0 bridgehead atoms. The standard InChI is InChI=1S/C23H20N2O3S/c1-3-10-25-22(27)21(13-16-12-17-6-4-5-7-20(17)28-14-16)29-23(25)24-18-9-8-15(2)11-19(18)26/h3-9,11-13,26H,1,10,14H2,2H3/b21-13-,24-23?. The molecule has 0 radical (unpaired) electrons. The summed E-state index contributed by atoms with van der Waals surface area (Å²) in [6.07, 6.45) is 5.53. The van der Waals surface area contributed by atoms with E-state index >= 15 is 0 Å². The van der Waals surface area contributed by atoms with Crippen LogP contribution in [0.3, 0.4) is 0 Å². The Bertz CT molecular complexity index is 1090. The van der Waals surface area contributed by atoms with Crippen LogP contribution in [-0.4, -0.2) is 34.2 Å². The molecule has 1 fully saturated rings. The first-order valence-electron chi connectivity index (χ1n) is 9.18. The van der Waals surface area contributed by atoms with E-state index in [1.165, 1.54) is 11.8 Å². The van der Waals surface area contributed by atoms with E-state index in [2.05, 4.69) is 11.6 Å². The lowest BCUT2D eigenvalue weighted by atomic mass is 10.1. The zero-order valence-electron chi connectivity index (χ0n) is 16.0. The first-order chi connectivity index (χ1) is 14.0. The maximum absolute atomic E-state index is 12.9. The van der Waals surface area contributed by atoms with Gasteiger partial charge in [0.15, 0.2) is 5.17 Å². The largest absolute Gasteiger partial charge is 0.506 e. The van der Waals surface area contributed by atoms with Crippen LogP contribution in [0.5, 0.6) is 11.5 Å². The van der Waals surface area contributed by atoms with Crippen LogP contribution in [0.15, 0.2) is 76.7 Å². The van der Waals surface area contributed by atoms with Gasteiger partial charge < -0.3 is 9.84 Å². The fraction of sp³-hybridized carbons (Fsp3) is 0.130. The maximum Gasteiger partial charge on any atom is 0.267 e. The quantitative estimate of drug-likeness (QED) is 0.587. The summed E-state index contributed by atoms with van der Waals surface area (Å²) in [6, 6.07) is 13.1. The molecule has 0 saturated carbocycles. The summed E-state index contributed by atoms with van der Waals surface area (Å²) >= 11 is 1.28. The zero-order chi connectivity index (χ0) is 20.4. The van der Waals surface area contributed by atoms with E-state index in [9.17, 15) is 9.90 Å². The number of carbonyl (C=O) groups is 1. The first kappa shape index (κ1) is 19.1. The molecule has 2 aromatic carbocycles.